The van der Waals surface area contributed by atoms with Gasteiger partial charge < -0.3 is 9.47 Å². The largest absolute Gasteiger partial charge is 0.497 e. The number of Topliss-reactive ketones (excluding diaryl/α,β-unsaturated/α-hetero) is 1. The van der Waals surface area contributed by atoms with E-state index in [1.165, 1.54) is 0 Å². The number of halogens is 2. The molecule has 5 heteroatoms. The molecule has 0 aliphatic heterocycles. The first kappa shape index (κ1) is 16.0. The highest BCUT2D eigenvalue weighted by Crippen LogP contribution is 2.29. The summed E-state index contributed by atoms with van der Waals surface area (Å²) in [4.78, 5) is 12.3. The third-order valence-electron chi connectivity index (χ3n) is 2.94. The zero-order valence-electron chi connectivity index (χ0n) is 11.6. The van der Waals surface area contributed by atoms with Gasteiger partial charge in [0.25, 0.3) is 0 Å². The van der Waals surface area contributed by atoms with Gasteiger partial charge in [-0.1, -0.05) is 15.9 Å². The van der Waals surface area contributed by atoms with Gasteiger partial charge in [0.15, 0.2) is 6.10 Å². The lowest BCUT2D eigenvalue weighted by Gasteiger charge is -2.15. The molecular formula is C16H14Br2O3. The summed E-state index contributed by atoms with van der Waals surface area (Å²) >= 11 is 6.79. The van der Waals surface area contributed by atoms with Gasteiger partial charge in [0.05, 0.1) is 11.6 Å². The average molecular weight is 414 g/mol. The first-order chi connectivity index (χ1) is 10.0. The van der Waals surface area contributed by atoms with E-state index >= 15 is 0 Å². The van der Waals surface area contributed by atoms with Crippen LogP contribution in [0.5, 0.6) is 11.5 Å². The average Bonchev–Trinajstić information content (AvgIpc) is 2.49. The fourth-order valence-corrected chi connectivity index (χ4v) is 2.95. The molecule has 0 saturated heterocycles. The molecule has 0 heterocycles. The number of carbonyl (C=O) groups is 1. The lowest BCUT2D eigenvalue weighted by Crippen LogP contribution is -2.24. The zero-order valence-corrected chi connectivity index (χ0v) is 14.8. The van der Waals surface area contributed by atoms with E-state index < -0.39 is 6.10 Å². The molecule has 0 aliphatic rings. The van der Waals surface area contributed by atoms with Gasteiger partial charge >= 0.3 is 0 Å². The Morgan fingerprint density at radius 2 is 1.76 bits per heavy atom. The molecule has 0 spiro atoms. The van der Waals surface area contributed by atoms with Crippen molar-refractivity contribution in [3.8, 4) is 11.5 Å². The summed E-state index contributed by atoms with van der Waals surface area (Å²) in [5.74, 6) is 1.27. The van der Waals surface area contributed by atoms with Crippen LogP contribution in [0, 0.1) is 0 Å². The molecule has 1 atom stereocenters. The summed E-state index contributed by atoms with van der Waals surface area (Å²) < 4.78 is 12.5. The summed E-state index contributed by atoms with van der Waals surface area (Å²) in [7, 11) is 1.59. The quantitative estimate of drug-likeness (QED) is 0.656. The maximum absolute atomic E-state index is 12.3. The molecule has 0 fully saturated rings. The third-order valence-corrected chi connectivity index (χ3v) is 4.05. The Hall–Kier alpha value is -1.33. The van der Waals surface area contributed by atoms with E-state index in [4.69, 9.17) is 9.47 Å². The van der Waals surface area contributed by atoms with Crippen molar-refractivity contribution < 1.29 is 14.3 Å². The van der Waals surface area contributed by atoms with Crippen LogP contribution in [0.15, 0.2) is 51.4 Å². The van der Waals surface area contributed by atoms with Gasteiger partial charge in [-0.25, -0.2) is 0 Å². The lowest BCUT2D eigenvalue weighted by molar-refractivity contribution is 0.0817. The standard InChI is InChI=1S/C16H14Br2O3/c1-10(21-15-8-5-12(17)9-14(15)18)16(19)11-3-6-13(20-2)7-4-11/h3-10H,1-2H3/t10-/m0/s1. The van der Waals surface area contributed by atoms with Gasteiger partial charge in [0.1, 0.15) is 11.5 Å². The molecule has 0 N–H and O–H groups in total. The Morgan fingerprint density at radius 1 is 1.10 bits per heavy atom. The molecule has 21 heavy (non-hydrogen) atoms. The minimum atomic E-state index is -0.573. The maximum atomic E-state index is 12.3. The second-order valence-electron chi connectivity index (χ2n) is 4.43. The molecule has 0 unspecified atom stereocenters. The fraction of sp³-hybridized carbons (Fsp3) is 0.188. The summed E-state index contributed by atoms with van der Waals surface area (Å²) in [6.45, 7) is 1.74. The van der Waals surface area contributed by atoms with Gasteiger partial charge in [-0.2, -0.15) is 0 Å². The summed E-state index contributed by atoms with van der Waals surface area (Å²) in [5.41, 5.74) is 0.594. The van der Waals surface area contributed by atoms with Gasteiger partial charge in [-0.05, 0) is 65.3 Å². The highest BCUT2D eigenvalue weighted by Gasteiger charge is 2.18. The highest BCUT2D eigenvalue weighted by atomic mass is 79.9. The van der Waals surface area contributed by atoms with Crippen molar-refractivity contribution in [2.75, 3.05) is 7.11 Å². The predicted molar refractivity (Wildman–Crippen MR) is 89.3 cm³/mol. The fourth-order valence-electron chi connectivity index (χ4n) is 1.80. The van der Waals surface area contributed by atoms with Crippen LogP contribution in [-0.4, -0.2) is 19.0 Å². The van der Waals surface area contributed by atoms with Gasteiger partial charge in [-0.3, -0.25) is 4.79 Å². The Morgan fingerprint density at radius 3 is 2.33 bits per heavy atom. The van der Waals surface area contributed by atoms with E-state index in [0.29, 0.717) is 11.3 Å². The molecule has 110 valence electrons. The number of benzene rings is 2. The van der Waals surface area contributed by atoms with Gasteiger partial charge in [0, 0.05) is 10.0 Å². The van der Waals surface area contributed by atoms with Crippen LogP contribution >= 0.6 is 31.9 Å². The van der Waals surface area contributed by atoms with Crippen LogP contribution < -0.4 is 9.47 Å². The number of rotatable bonds is 5. The molecule has 0 amide bonds. The minimum Gasteiger partial charge on any atom is -0.497 e. The Kier molecular flexibility index (Phi) is 5.42. The van der Waals surface area contributed by atoms with E-state index in [-0.39, 0.29) is 5.78 Å². The van der Waals surface area contributed by atoms with Crippen LogP contribution in [0.2, 0.25) is 0 Å². The summed E-state index contributed by atoms with van der Waals surface area (Å²) in [6, 6.07) is 12.5. The van der Waals surface area contributed by atoms with E-state index in [9.17, 15) is 4.79 Å². The topological polar surface area (TPSA) is 35.5 Å². The molecule has 3 nitrogen and oxygen atoms in total. The van der Waals surface area contributed by atoms with Crippen molar-refractivity contribution in [2.45, 2.75) is 13.0 Å². The molecule has 0 aliphatic carbocycles. The Labute approximate surface area is 140 Å². The van der Waals surface area contributed by atoms with Crippen molar-refractivity contribution in [3.05, 3.63) is 57.0 Å². The van der Waals surface area contributed by atoms with E-state index in [1.54, 1.807) is 38.3 Å². The molecule has 0 radical (unpaired) electrons. The van der Waals surface area contributed by atoms with Crippen molar-refractivity contribution in [3.63, 3.8) is 0 Å². The molecular weight excluding hydrogens is 400 g/mol. The molecule has 0 bridgehead atoms. The van der Waals surface area contributed by atoms with Gasteiger partial charge in [-0.15, -0.1) is 0 Å². The number of hydrogen-bond donors (Lipinski definition) is 0. The second-order valence-corrected chi connectivity index (χ2v) is 6.20. The van der Waals surface area contributed by atoms with E-state index in [1.807, 2.05) is 18.2 Å². The molecule has 2 rings (SSSR count). The second kappa shape index (κ2) is 7.09. The molecule has 0 aromatic heterocycles. The summed E-state index contributed by atoms with van der Waals surface area (Å²) in [5, 5.41) is 0. The molecule has 2 aromatic rings. The number of ketones is 1. The van der Waals surface area contributed by atoms with Crippen molar-refractivity contribution in [1.82, 2.24) is 0 Å². The first-order valence-corrected chi connectivity index (χ1v) is 7.90. The van der Waals surface area contributed by atoms with Crippen LogP contribution in [0.3, 0.4) is 0 Å². The lowest BCUT2D eigenvalue weighted by atomic mass is 10.1. The maximum Gasteiger partial charge on any atom is 0.202 e. The van der Waals surface area contributed by atoms with Crippen LogP contribution in [-0.2, 0) is 0 Å². The minimum absolute atomic E-state index is 0.0764. The third kappa shape index (κ3) is 4.08. The van der Waals surface area contributed by atoms with Crippen molar-refractivity contribution in [1.29, 1.82) is 0 Å². The number of methoxy groups -OCH3 is 1. The van der Waals surface area contributed by atoms with Gasteiger partial charge in [0.2, 0.25) is 5.78 Å². The van der Waals surface area contributed by atoms with Crippen molar-refractivity contribution >= 4 is 37.6 Å². The molecule has 0 saturated carbocycles. The van der Waals surface area contributed by atoms with E-state index in [2.05, 4.69) is 31.9 Å². The van der Waals surface area contributed by atoms with E-state index in [0.717, 1.165) is 14.7 Å². The number of hydrogen-bond acceptors (Lipinski definition) is 3. The predicted octanol–water partition coefficient (Wildman–Crippen LogP) is 4.87. The normalized spacial score (nSPS) is 11.8. The summed E-state index contributed by atoms with van der Waals surface area (Å²) in [6.07, 6.45) is -0.573. The Bertz CT molecular complexity index is 638. The number of ether oxygens (including phenoxy) is 2. The van der Waals surface area contributed by atoms with Crippen molar-refractivity contribution in [2.24, 2.45) is 0 Å². The Balaban J connectivity index is 2.11. The first-order valence-electron chi connectivity index (χ1n) is 6.31. The molecule has 2 aromatic carbocycles. The number of carbonyl (C=O) groups excluding carboxylic acids is 1. The monoisotopic (exact) mass is 412 g/mol. The zero-order chi connectivity index (χ0) is 15.4. The van der Waals surface area contributed by atoms with Crippen LogP contribution in [0.25, 0.3) is 0 Å². The van der Waals surface area contributed by atoms with Crippen LogP contribution in [0.4, 0.5) is 0 Å². The SMILES string of the molecule is COc1ccc(C(=O)[C@H](C)Oc2ccc(Br)cc2Br)cc1. The highest BCUT2D eigenvalue weighted by molar-refractivity contribution is 9.11. The smallest absolute Gasteiger partial charge is 0.202 e. The van der Waals surface area contributed by atoms with Crippen LogP contribution in [0.1, 0.15) is 17.3 Å².